The van der Waals surface area contributed by atoms with Crippen LogP contribution in [-0.2, 0) is 11.3 Å². The number of carbonyl (C=O) groups excluding carboxylic acids is 1. The molecule has 0 radical (unpaired) electrons. The zero-order valence-corrected chi connectivity index (χ0v) is 16.4. The molecular weight excluding hydrogens is 425 g/mol. The van der Waals surface area contributed by atoms with E-state index in [1.54, 1.807) is 40.8 Å². The number of amides is 1. The van der Waals surface area contributed by atoms with Crippen molar-refractivity contribution in [1.29, 1.82) is 0 Å². The Morgan fingerprint density at radius 3 is 2.81 bits per heavy atom. The van der Waals surface area contributed by atoms with Crippen LogP contribution in [0.5, 0.6) is 0 Å². The van der Waals surface area contributed by atoms with Crippen molar-refractivity contribution in [1.82, 2.24) is 19.6 Å². The minimum Gasteiger partial charge on any atom is -0.307 e. The zero-order valence-electron chi connectivity index (χ0n) is 14.1. The third kappa shape index (κ3) is 4.13. The maximum absolute atomic E-state index is 13.1. The van der Waals surface area contributed by atoms with Crippen LogP contribution in [0, 0.1) is 12.7 Å². The van der Waals surface area contributed by atoms with E-state index in [1.165, 1.54) is 12.1 Å². The van der Waals surface area contributed by atoms with Gasteiger partial charge in [0.25, 0.3) is 0 Å². The van der Waals surface area contributed by atoms with E-state index >= 15 is 0 Å². The molecule has 2 aromatic heterocycles. The molecule has 0 saturated heterocycles. The van der Waals surface area contributed by atoms with Crippen LogP contribution >= 0.6 is 27.5 Å². The average Bonchev–Trinajstić information content (AvgIpc) is 3.16. The van der Waals surface area contributed by atoms with E-state index in [2.05, 4.69) is 31.4 Å². The largest absolute Gasteiger partial charge is 0.307 e. The summed E-state index contributed by atoms with van der Waals surface area (Å²) in [5.74, 6) is -0.199. The van der Waals surface area contributed by atoms with Gasteiger partial charge >= 0.3 is 0 Å². The Hall–Kier alpha value is -2.19. The summed E-state index contributed by atoms with van der Waals surface area (Å²) >= 11 is 9.41. The quantitative estimate of drug-likeness (QED) is 0.647. The average molecular weight is 441 g/mol. The summed E-state index contributed by atoms with van der Waals surface area (Å²) < 4.78 is 17.2. The van der Waals surface area contributed by atoms with Gasteiger partial charge in [0.05, 0.1) is 16.7 Å². The lowest BCUT2D eigenvalue weighted by Gasteiger charge is -2.11. The highest BCUT2D eigenvalue weighted by Crippen LogP contribution is 2.20. The monoisotopic (exact) mass is 439 g/mol. The minimum absolute atomic E-state index is 0.231. The van der Waals surface area contributed by atoms with Crippen molar-refractivity contribution in [3.8, 4) is 0 Å². The van der Waals surface area contributed by atoms with E-state index in [0.29, 0.717) is 17.4 Å². The second-order valence-corrected chi connectivity index (χ2v) is 7.10. The van der Waals surface area contributed by atoms with Crippen molar-refractivity contribution >= 4 is 39.3 Å². The lowest BCUT2D eigenvalue weighted by molar-refractivity contribution is -0.119. The van der Waals surface area contributed by atoms with Gasteiger partial charge in [0.1, 0.15) is 11.9 Å². The molecule has 1 amide bonds. The number of anilines is 1. The first kappa shape index (κ1) is 18.6. The summed E-state index contributed by atoms with van der Waals surface area (Å²) in [5, 5.41) is 11.7. The van der Waals surface area contributed by atoms with E-state index in [-0.39, 0.29) is 11.7 Å². The first-order valence-corrected chi connectivity index (χ1v) is 9.00. The molecule has 0 aliphatic heterocycles. The maximum atomic E-state index is 13.1. The van der Waals surface area contributed by atoms with Crippen LogP contribution in [0.25, 0.3) is 0 Å². The van der Waals surface area contributed by atoms with Crippen LogP contribution in [0.1, 0.15) is 24.2 Å². The van der Waals surface area contributed by atoms with Crippen LogP contribution in [-0.4, -0.2) is 25.5 Å². The molecule has 9 heteroatoms. The van der Waals surface area contributed by atoms with Gasteiger partial charge in [-0.1, -0.05) is 17.7 Å². The van der Waals surface area contributed by atoms with Gasteiger partial charge in [0.2, 0.25) is 5.91 Å². The van der Waals surface area contributed by atoms with Crippen molar-refractivity contribution in [3.05, 3.63) is 63.2 Å². The lowest BCUT2D eigenvalue weighted by atomic mass is 10.2. The van der Waals surface area contributed by atoms with Gasteiger partial charge in [0.15, 0.2) is 5.82 Å². The van der Waals surface area contributed by atoms with Crippen LogP contribution in [0.15, 0.2) is 41.1 Å². The predicted octanol–water partition coefficient (Wildman–Crippen LogP) is 4.19. The number of nitrogens with zero attached hydrogens (tertiary/aromatic N) is 4. The van der Waals surface area contributed by atoms with Gasteiger partial charge in [-0.05, 0) is 47.5 Å². The molecule has 0 spiro atoms. The van der Waals surface area contributed by atoms with Gasteiger partial charge in [-0.3, -0.25) is 14.2 Å². The van der Waals surface area contributed by atoms with Crippen LogP contribution < -0.4 is 5.32 Å². The third-order valence-electron chi connectivity index (χ3n) is 3.87. The van der Waals surface area contributed by atoms with E-state index in [1.807, 2.05) is 6.92 Å². The van der Waals surface area contributed by atoms with E-state index in [4.69, 9.17) is 11.6 Å². The van der Waals surface area contributed by atoms with Crippen LogP contribution in [0.3, 0.4) is 0 Å². The summed E-state index contributed by atoms with van der Waals surface area (Å²) in [6, 6.07) is 5.41. The van der Waals surface area contributed by atoms with Gasteiger partial charge in [-0.15, -0.1) is 0 Å². The van der Waals surface area contributed by atoms with Crippen molar-refractivity contribution in [2.75, 3.05) is 5.32 Å². The Morgan fingerprint density at radius 2 is 2.15 bits per heavy atom. The molecule has 6 nitrogen and oxygen atoms in total. The number of hydrogen-bond acceptors (Lipinski definition) is 3. The van der Waals surface area contributed by atoms with E-state index in [9.17, 15) is 9.18 Å². The first-order chi connectivity index (χ1) is 12.3. The van der Waals surface area contributed by atoms with Crippen LogP contribution in [0.2, 0.25) is 5.02 Å². The fraction of sp³-hybridized carbons (Fsp3) is 0.235. The van der Waals surface area contributed by atoms with E-state index in [0.717, 1.165) is 15.7 Å². The fourth-order valence-corrected chi connectivity index (χ4v) is 2.87. The summed E-state index contributed by atoms with van der Waals surface area (Å²) in [4.78, 5) is 12.4. The Balaban J connectivity index is 1.67. The number of aromatic nitrogens is 4. The molecule has 1 aromatic carbocycles. The molecule has 2 heterocycles. The van der Waals surface area contributed by atoms with Gasteiger partial charge in [-0.2, -0.15) is 10.2 Å². The number of nitrogens with one attached hydrogen (secondary N) is 1. The minimum atomic E-state index is -0.489. The highest BCUT2D eigenvalue weighted by Gasteiger charge is 2.18. The molecule has 26 heavy (non-hydrogen) atoms. The van der Waals surface area contributed by atoms with Crippen molar-refractivity contribution in [3.63, 3.8) is 0 Å². The molecule has 3 rings (SSSR count). The summed E-state index contributed by atoms with van der Waals surface area (Å²) in [6.07, 6.45) is 3.48. The Morgan fingerprint density at radius 1 is 1.38 bits per heavy atom. The van der Waals surface area contributed by atoms with Crippen LogP contribution in [0.4, 0.5) is 10.2 Å². The SMILES string of the molecule is Cc1nn(C(C)C(=O)Nc2ccn(Cc3ccc(F)cc3Cl)n2)cc1Br. The molecule has 136 valence electrons. The highest BCUT2D eigenvalue weighted by molar-refractivity contribution is 9.10. The molecule has 1 unspecified atom stereocenters. The molecule has 0 fully saturated rings. The summed E-state index contributed by atoms with van der Waals surface area (Å²) in [6.45, 7) is 3.98. The number of hydrogen-bond donors (Lipinski definition) is 1. The Bertz CT molecular complexity index is 935. The topological polar surface area (TPSA) is 64.7 Å². The second-order valence-electron chi connectivity index (χ2n) is 5.84. The Labute approximate surface area is 163 Å². The number of halogens is 3. The normalized spacial score (nSPS) is 12.2. The molecular formula is C17H16BrClFN5O. The predicted molar refractivity (Wildman–Crippen MR) is 101 cm³/mol. The summed E-state index contributed by atoms with van der Waals surface area (Å²) in [7, 11) is 0. The molecule has 0 bridgehead atoms. The lowest BCUT2D eigenvalue weighted by Crippen LogP contribution is -2.24. The molecule has 0 aliphatic carbocycles. The zero-order chi connectivity index (χ0) is 18.8. The summed E-state index contributed by atoms with van der Waals surface area (Å²) in [5.41, 5.74) is 1.55. The highest BCUT2D eigenvalue weighted by atomic mass is 79.9. The molecule has 0 saturated carbocycles. The Kier molecular flexibility index (Phi) is 5.43. The number of rotatable bonds is 5. The molecule has 1 N–H and O–H groups in total. The number of aryl methyl sites for hydroxylation is 1. The van der Waals surface area contributed by atoms with Gasteiger partial charge < -0.3 is 5.32 Å². The van der Waals surface area contributed by atoms with Crippen molar-refractivity contribution in [2.24, 2.45) is 0 Å². The van der Waals surface area contributed by atoms with Crippen molar-refractivity contribution < 1.29 is 9.18 Å². The van der Waals surface area contributed by atoms with Crippen molar-refractivity contribution in [2.45, 2.75) is 26.4 Å². The standard InChI is InChI=1S/C17H16BrClFN5O/c1-10-14(18)9-25(22-10)11(2)17(26)21-16-5-6-24(23-16)8-12-3-4-13(20)7-15(12)19/h3-7,9,11H,8H2,1-2H3,(H,21,23,26). The maximum Gasteiger partial charge on any atom is 0.250 e. The molecule has 1 atom stereocenters. The smallest absolute Gasteiger partial charge is 0.250 e. The fourth-order valence-electron chi connectivity index (χ4n) is 2.35. The number of benzene rings is 1. The second kappa shape index (κ2) is 7.59. The molecule has 3 aromatic rings. The molecule has 0 aliphatic rings. The van der Waals surface area contributed by atoms with Gasteiger partial charge in [-0.25, -0.2) is 4.39 Å². The first-order valence-electron chi connectivity index (χ1n) is 7.83. The van der Waals surface area contributed by atoms with E-state index < -0.39 is 6.04 Å². The third-order valence-corrected chi connectivity index (χ3v) is 5.00. The van der Waals surface area contributed by atoms with Gasteiger partial charge in [0, 0.05) is 23.5 Å². The number of carbonyl (C=O) groups is 1.